The predicted octanol–water partition coefficient (Wildman–Crippen LogP) is 2.50. The van der Waals surface area contributed by atoms with Gasteiger partial charge in [-0.3, -0.25) is 0 Å². The lowest BCUT2D eigenvalue weighted by molar-refractivity contribution is 0.796. The van der Waals surface area contributed by atoms with Gasteiger partial charge in [0.05, 0.1) is 0 Å². The first kappa shape index (κ1) is 9.77. The summed E-state index contributed by atoms with van der Waals surface area (Å²) in [6.45, 7) is 5.71. The quantitative estimate of drug-likeness (QED) is 0.706. The van der Waals surface area contributed by atoms with Crippen molar-refractivity contribution >= 4 is 0 Å². The van der Waals surface area contributed by atoms with E-state index in [4.69, 9.17) is 5.26 Å². The summed E-state index contributed by atoms with van der Waals surface area (Å²) in [5, 5.41) is 6.50. The van der Waals surface area contributed by atoms with E-state index in [0.717, 1.165) is 0 Å². The summed E-state index contributed by atoms with van der Waals surface area (Å²) in [5.41, 5.74) is 1.43. The maximum Gasteiger partial charge on any atom is 0.0462 e. The van der Waals surface area contributed by atoms with Gasteiger partial charge < -0.3 is 4.98 Å². The zero-order valence-corrected chi connectivity index (χ0v) is 6.88. The maximum atomic E-state index is 6.50. The molecule has 0 aliphatic carbocycles. The van der Waals surface area contributed by atoms with Crippen molar-refractivity contribution < 1.29 is 0 Å². The molecule has 0 spiro atoms. The highest BCUT2D eigenvalue weighted by Crippen LogP contribution is 2.01. The molecule has 0 radical (unpaired) electrons. The van der Waals surface area contributed by atoms with E-state index in [1.165, 1.54) is 24.8 Å². The van der Waals surface area contributed by atoms with Gasteiger partial charge in [-0.1, -0.05) is 13.3 Å². The van der Waals surface area contributed by atoms with E-state index in [-0.39, 0.29) is 0 Å². The number of nitrogens with one attached hydrogen (secondary N) is 1. The molecule has 0 saturated carbocycles. The van der Waals surface area contributed by atoms with Crippen molar-refractivity contribution in [3.05, 3.63) is 24.0 Å². The summed E-state index contributed by atoms with van der Waals surface area (Å²) in [6, 6.07) is 2.13. The molecular weight excluding hydrogens is 136 g/mol. The second-order valence-electron chi connectivity index (χ2n) is 2.32. The van der Waals surface area contributed by atoms with Gasteiger partial charge in [0, 0.05) is 19.0 Å². The van der Waals surface area contributed by atoms with Crippen LogP contribution in [0.3, 0.4) is 0 Å². The molecule has 60 valence electrons. The van der Waals surface area contributed by atoms with Gasteiger partial charge in [0.25, 0.3) is 0 Å². The Balaban J connectivity index is 0.000000461. The Labute approximate surface area is 67.9 Å². The van der Waals surface area contributed by atoms with Gasteiger partial charge in [0.2, 0.25) is 0 Å². The second kappa shape index (κ2) is 6.88. The van der Waals surface area contributed by atoms with Gasteiger partial charge in [0.1, 0.15) is 0 Å². The van der Waals surface area contributed by atoms with E-state index < -0.39 is 0 Å². The monoisotopic (exact) mass is 150 g/mol. The number of hydrogen-bond acceptors (Lipinski definition) is 1. The van der Waals surface area contributed by atoms with Crippen molar-refractivity contribution in [2.24, 2.45) is 0 Å². The standard InChI is InChI=1S/C8H13N.CHN/c1-2-3-4-8-5-6-9-7-8;1-2/h5-7,9H,2-4H2,1H3;1H. The average molecular weight is 150 g/mol. The Bertz CT molecular complexity index is 175. The molecule has 2 nitrogen and oxygen atoms in total. The van der Waals surface area contributed by atoms with Crippen LogP contribution >= 0.6 is 0 Å². The maximum absolute atomic E-state index is 6.50. The zero-order valence-electron chi connectivity index (χ0n) is 6.88. The molecule has 0 aliphatic rings. The van der Waals surface area contributed by atoms with Crippen LogP contribution in [0.1, 0.15) is 25.3 Å². The van der Waals surface area contributed by atoms with E-state index in [0.29, 0.717) is 0 Å². The van der Waals surface area contributed by atoms with Gasteiger partial charge in [-0.05, 0) is 24.5 Å². The fraction of sp³-hybridized carbons (Fsp3) is 0.444. The highest BCUT2D eigenvalue weighted by Gasteiger charge is 1.88. The summed E-state index contributed by atoms with van der Waals surface area (Å²) in [5.74, 6) is 0. The third-order valence-corrected chi connectivity index (χ3v) is 1.48. The van der Waals surface area contributed by atoms with Crippen LogP contribution in [0.25, 0.3) is 0 Å². The Morgan fingerprint density at radius 2 is 2.27 bits per heavy atom. The number of H-pyrrole nitrogens is 1. The van der Waals surface area contributed by atoms with Gasteiger partial charge in [-0.2, -0.15) is 0 Å². The molecule has 0 unspecified atom stereocenters. The van der Waals surface area contributed by atoms with Crippen LogP contribution in [0, 0.1) is 11.8 Å². The second-order valence-corrected chi connectivity index (χ2v) is 2.32. The average Bonchev–Trinajstić information content (AvgIpc) is 2.57. The van der Waals surface area contributed by atoms with Crippen LogP contribution in [-0.2, 0) is 6.42 Å². The van der Waals surface area contributed by atoms with Crippen molar-refractivity contribution in [2.75, 3.05) is 0 Å². The Morgan fingerprint density at radius 1 is 1.55 bits per heavy atom. The van der Waals surface area contributed by atoms with Gasteiger partial charge in [-0.25, -0.2) is 5.26 Å². The SMILES string of the molecule is C#N.CCCCc1cc[nH]c1. The summed E-state index contributed by atoms with van der Waals surface area (Å²) in [6.07, 6.45) is 7.85. The molecule has 0 saturated heterocycles. The minimum Gasteiger partial charge on any atom is -0.367 e. The van der Waals surface area contributed by atoms with E-state index in [9.17, 15) is 0 Å². The fourth-order valence-electron chi connectivity index (χ4n) is 0.895. The fourth-order valence-corrected chi connectivity index (χ4v) is 0.895. The highest BCUT2D eigenvalue weighted by molar-refractivity contribution is 5.07. The van der Waals surface area contributed by atoms with Crippen molar-refractivity contribution in [3.8, 4) is 6.57 Å². The summed E-state index contributed by atoms with van der Waals surface area (Å²) in [7, 11) is 0. The lowest BCUT2D eigenvalue weighted by atomic mass is 10.2. The topological polar surface area (TPSA) is 39.6 Å². The van der Waals surface area contributed by atoms with Crippen LogP contribution in [0.4, 0.5) is 0 Å². The number of nitrogens with zero attached hydrogens (tertiary/aromatic N) is 1. The number of aromatic nitrogens is 1. The molecule has 0 atom stereocenters. The molecule has 1 heterocycles. The molecule has 1 N–H and O–H groups in total. The van der Waals surface area contributed by atoms with E-state index in [2.05, 4.69) is 30.7 Å². The number of rotatable bonds is 3. The predicted molar refractivity (Wildman–Crippen MR) is 46.1 cm³/mol. The van der Waals surface area contributed by atoms with Crippen LogP contribution in [0.2, 0.25) is 0 Å². The molecule has 1 aromatic rings. The van der Waals surface area contributed by atoms with E-state index in [1.807, 2.05) is 6.20 Å². The molecule has 0 aliphatic heterocycles. The van der Waals surface area contributed by atoms with Gasteiger partial charge >= 0.3 is 0 Å². The largest absolute Gasteiger partial charge is 0.367 e. The number of nitriles is 1. The van der Waals surface area contributed by atoms with Crippen LogP contribution in [0.5, 0.6) is 0 Å². The smallest absolute Gasteiger partial charge is 0.0462 e. The third-order valence-electron chi connectivity index (χ3n) is 1.48. The molecule has 0 fully saturated rings. The summed E-state index contributed by atoms with van der Waals surface area (Å²) in [4.78, 5) is 3.04. The highest BCUT2D eigenvalue weighted by atomic mass is 14.6. The van der Waals surface area contributed by atoms with E-state index in [1.54, 1.807) is 0 Å². The molecule has 1 aromatic heterocycles. The van der Waals surface area contributed by atoms with Crippen LogP contribution < -0.4 is 0 Å². The first-order valence-corrected chi connectivity index (χ1v) is 3.81. The molecule has 0 bridgehead atoms. The number of unbranched alkanes of at least 4 members (excludes halogenated alkanes) is 1. The zero-order chi connectivity index (χ0) is 8.53. The van der Waals surface area contributed by atoms with Crippen LogP contribution in [0.15, 0.2) is 18.5 Å². The minimum absolute atomic E-state index is 1.22. The van der Waals surface area contributed by atoms with Crippen molar-refractivity contribution in [1.29, 1.82) is 5.26 Å². The van der Waals surface area contributed by atoms with Crippen molar-refractivity contribution in [2.45, 2.75) is 26.2 Å². The number of hydrogen-bond donors (Lipinski definition) is 1. The summed E-state index contributed by atoms with van der Waals surface area (Å²) < 4.78 is 0. The van der Waals surface area contributed by atoms with Crippen LogP contribution in [-0.4, -0.2) is 4.98 Å². The lowest BCUT2D eigenvalue weighted by Crippen LogP contribution is -1.78. The third kappa shape index (κ3) is 4.21. The van der Waals surface area contributed by atoms with Gasteiger partial charge in [-0.15, -0.1) is 0 Å². The molecular formula is C9H14N2. The Hall–Kier alpha value is -1.23. The molecule has 1 rings (SSSR count). The number of aryl methyl sites for hydroxylation is 1. The Morgan fingerprint density at radius 3 is 2.73 bits per heavy atom. The Kier molecular flexibility index (Phi) is 6.11. The molecule has 2 heteroatoms. The van der Waals surface area contributed by atoms with Crippen molar-refractivity contribution in [3.63, 3.8) is 0 Å². The minimum atomic E-state index is 1.22. The molecule has 0 aromatic carbocycles. The number of aromatic amines is 1. The molecule has 11 heavy (non-hydrogen) atoms. The van der Waals surface area contributed by atoms with E-state index >= 15 is 0 Å². The lowest BCUT2D eigenvalue weighted by Gasteiger charge is -1.90. The molecule has 0 amide bonds. The van der Waals surface area contributed by atoms with Crippen molar-refractivity contribution in [1.82, 2.24) is 4.98 Å². The first-order chi connectivity index (χ1) is 5.43. The normalized spacial score (nSPS) is 8.27. The van der Waals surface area contributed by atoms with Gasteiger partial charge in [0.15, 0.2) is 0 Å². The summed E-state index contributed by atoms with van der Waals surface area (Å²) >= 11 is 0. The first-order valence-electron chi connectivity index (χ1n) is 3.81.